The van der Waals surface area contributed by atoms with Crippen LogP contribution in [0.3, 0.4) is 0 Å². The first kappa shape index (κ1) is 15.7. The lowest BCUT2D eigenvalue weighted by molar-refractivity contribution is -0.275. The van der Waals surface area contributed by atoms with Crippen LogP contribution in [0.15, 0.2) is 18.2 Å². The summed E-state index contributed by atoms with van der Waals surface area (Å²) < 4.78 is 52.8. The first-order chi connectivity index (χ1) is 8.73. The molecule has 0 unspecified atom stereocenters. The Morgan fingerprint density at radius 2 is 2.11 bits per heavy atom. The standard InChI is InChI=1S/C11H10BrF4NO2/c1-6(17-10(18)5-12)7-2-3-9(8(13)4-7)19-11(14,15)16/h2-4,6H,5H2,1H3,(H,17,18)/t6-/m0/s1. The highest BCUT2D eigenvalue weighted by Gasteiger charge is 2.32. The van der Waals surface area contributed by atoms with E-state index in [-0.39, 0.29) is 11.2 Å². The fourth-order valence-electron chi connectivity index (χ4n) is 1.36. The van der Waals surface area contributed by atoms with Crippen LogP contribution in [0.4, 0.5) is 17.6 Å². The third-order valence-corrected chi connectivity index (χ3v) is 2.69. The lowest BCUT2D eigenvalue weighted by atomic mass is 10.1. The molecule has 0 aliphatic carbocycles. The average molecular weight is 344 g/mol. The predicted octanol–water partition coefficient (Wildman–Crippen LogP) is 3.30. The zero-order chi connectivity index (χ0) is 14.6. The summed E-state index contributed by atoms with van der Waals surface area (Å²) in [5.74, 6) is -2.37. The van der Waals surface area contributed by atoms with Crippen LogP contribution in [0.25, 0.3) is 0 Å². The molecule has 0 saturated carbocycles. The molecule has 0 bridgehead atoms. The molecule has 1 atom stereocenters. The van der Waals surface area contributed by atoms with Gasteiger partial charge in [-0.1, -0.05) is 22.0 Å². The van der Waals surface area contributed by atoms with Gasteiger partial charge in [-0.2, -0.15) is 0 Å². The van der Waals surface area contributed by atoms with E-state index < -0.39 is 24.0 Å². The molecule has 1 aromatic carbocycles. The summed E-state index contributed by atoms with van der Waals surface area (Å²) in [4.78, 5) is 11.1. The molecule has 1 rings (SSSR count). The smallest absolute Gasteiger partial charge is 0.403 e. The second-order valence-corrected chi connectivity index (χ2v) is 4.22. The van der Waals surface area contributed by atoms with Gasteiger partial charge in [-0.15, -0.1) is 13.2 Å². The molecule has 8 heteroatoms. The number of alkyl halides is 4. The maximum absolute atomic E-state index is 13.4. The summed E-state index contributed by atoms with van der Waals surface area (Å²) in [7, 11) is 0. The number of hydrogen-bond acceptors (Lipinski definition) is 2. The molecule has 0 heterocycles. The van der Waals surface area contributed by atoms with E-state index in [0.717, 1.165) is 12.1 Å². The SMILES string of the molecule is C[C@H](NC(=O)CBr)c1ccc(OC(F)(F)F)c(F)c1. The van der Waals surface area contributed by atoms with Gasteiger partial charge in [0.2, 0.25) is 5.91 Å². The topological polar surface area (TPSA) is 38.3 Å². The van der Waals surface area contributed by atoms with E-state index in [9.17, 15) is 22.4 Å². The van der Waals surface area contributed by atoms with Gasteiger partial charge < -0.3 is 10.1 Å². The summed E-state index contributed by atoms with van der Waals surface area (Å²) in [5, 5.41) is 2.60. The van der Waals surface area contributed by atoms with E-state index in [1.165, 1.54) is 6.07 Å². The van der Waals surface area contributed by atoms with Crippen molar-refractivity contribution in [1.82, 2.24) is 5.32 Å². The number of carbonyl (C=O) groups is 1. The Morgan fingerprint density at radius 1 is 1.47 bits per heavy atom. The van der Waals surface area contributed by atoms with Crippen LogP contribution in [0.2, 0.25) is 0 Å². The molecule has 106 valence electrons. The van der Waals surface area contributed by atoms with Crippen LogP contribution < -0.4 is 10.1 Å². The summed E-state index contributed by atoms with van der Waals surface area (Å²) in [6.45, 7) is 1.58. The maximum atomic E-state index is 13.4. The van der Waals surface area contributed by atoms with E-state index >= 15 is 0 Å². The van der Waals surface area contributed by atoms with Crippen molar-refractivity contribution in [2.24, 2.45) is 0 Å². The van der Waals surface area contributed by atoms with E-state index in [1.54, 1.807) is 6.92 Å². The van der Waals surface area contributed by atoms with Crippen molar-refractivity contribution < 1.29 is 27.1 Å². The minimum atomic E-state index is -4.95. The van der Waals surface area contributed by atoms with Crippen molar-refractivity contribution in [2.75, 3.05) is 5.33 Å². The summed E-state index contributed by atoms with van der Waals surface area (Å²) in [6.07, 6.45) is -4.95. The normalized spacial score (nSPS) is 12.9. The van der Waals surface area contributed by atoms with Gasteiger partial charge in [-0.3, -0.25) is 4.79 Å². The number of amides is 1. The Labute approximate surface area is 115 Å². The predicted molar refractivity (Wildman–Crippen MR) is 63.4 cm³/mol. The molecule has 0 fully saturated rings. The fourth-order valence-corrected chi connectivity index (χ4v) is 1.52. The Kier molecular flexibility index (Phi) is 5.16. The van der Waals surface area contributed by atoms with Gasteiger partial charge in [0.25, 0.3) is 0 Å². The summed E-state index contributed by atoms with van der Waals surface area (Å²) in [6, 6.07) is 2.48. The fraction of sp³-hybridized carbons (Fsp3) is 0.364. The highest BCUT2D eigenvalue weighted by molar-refractivity contribution is 9.09. The monoisotopic (exact) mass is 343 g/mol. The highest BCUT2D eigenvalue weighted by atomic mass is 79.9. The molecular formula is C11H10BrF4NO2. The zero-order valence-electron chi connectivity index (χ0n) is 9.72. The van der Waals surface area contributed by atoms with Crippen LogP contribution in [0.5, 0.6) is 5.75 Å². The molecule has 0 saturated heterocycles. The van der Waals surface area contributed by atoms with Crippen molar-refractivity contribution in [2.45, 2.75) is 19.3 Å². The molecule has 0 radical (unpaired) electrons. The number of hydrogen-bond donors (Lipinski definition) is 1. The first-order valence-electron chi connectivity index (χ1n) is 5.13. The molecule has 0 aromatic heterocycles. The van der Waals surface area contributed by atoms with Crippen molar-refractivity contribution in [3.63, 3.8) is 0 Å². The lowest BCUT2D eigenvalue weighted by Crippen LogP contribution is -2.27. The Bertz CT molecular complexity index is 464. The van der Waals surface area contributed by atoms with Crippen molar-refractivity contribution in [3.8, 4) is 5.75 Å². The second kappa shape index (κ2) is 6.23. The number of nitrogens with one attached hydrogen (secondary N) is 1. The Morgan fingerprint density at radius 3 is 2.58 bits per heavy atom. The van der Waals surface area contributed by atoms with E-state index in [0.29, 0.717) is 5.56 Å². The molecule has 3 nitrogen and oxygen atoms in total. The third kappa shape index (κ3) is 5.06. The summed E-state index contributed by atoms with van der Waals surface area (Å²) >= 11 is 2.94. The van der Waals surface area contributed by atoms with Crippen LogP contribution in [-0.2, 0) is 4.79 Å². The molecule has 1 amide bonds. The highest BCUT2D eigenvalue weighted by Crippen LogP contribution is 2.27. The van der Waals surface area contributed by atoms with E-state index in [4.69, 9.17) is 0 Å². The van der Waals surface area contributed by atoms with Crippen molar-refractivity contribution in [1.29, 1.82) is 0 Å². The maximum Gasteiger partial charge on any atom is 0.573 e. The molecule has 1 N–H and O–H groups in total. The van der Waals surface area contributed by atoms with Gasteiger partial charge in [-0.05, 0) is 24.6 Å². The summed E-state index contributed by atoms with van der Waals surface area (Å²) in [5.41, 5.74) is 0.335. The van der Waals surface area contributed by atoms with Gasteiger partial charge in [0.05, 0.1) is 11.4 Å². The zero-order valence-corrected chi connectivity index (χ0v) is 11.3. The number of benzene rings is 1. The van der Waals surface area contributed by atoms with E-state index in [2.05, 4.69) is 26.0 Å². The number of carbonyl (C=O) groups excluding carboxylic acids is 1. The number of halogens is 5. The van der Waals surface area contributed by atoms with Crippen LogP contribution >= 0.6 is 15.9 Å². The van der Waals surface area contributed by atoms with Gasteiger partial charge >= 0.3 is 6.36 Å². The average Bonchev–Trinajstić information content (AvgIpc) is 2.29. The molecule has 19 heavy (non-hydrogen) atoms. The molecule has 0 aliphatic rings. The number of ether oxygens (including phenoxy) is 1. The van der Waals surface area contributed by atoms with Crippen LogP contribution in [0, 0.1) is 5.82 Å². The number of rotatable bonds is 4. The molecule has 1 aromatic rings. The Hall–Kier alpha value is -1.31. The van der Waals surface area contributed by atoms with Gasteiger partial charge in [0.1, 0.15) is 0 Å². The van der Waals surface area contributed by atoms with Crippen LogP contribution in [-0.4, -0.2) is 17.6 Å². The minimum absolute atomic E-state index is 0.0785. The largest absolute Gasteiger partial charge is 0.573 e. The van der Waals surface area contributed by atoms with Gasteiger partial charge in [0.15, 0.2) is 11.6 Å². The second-order valence-electron chi connectivity index (χ2n) is 3.66. The lowest BCUT2D eigenvalue weighted by Gasteiger charge is -2.15. The van der Waals surface area contributed by atoms with Crippen molar-refractivity contribution in [3.05, 3.63) is 29.6 Å². The van der Waals surface area contributed by atoms with Gasteiger partial charge in [0, 0.05) is 0 Å². The quantitative estimate of drug-likeness (QED) is 0.672. The van der Waals surface area contributed by atoms with Gasteiger partial charge in [-0.25, -0.2) is 4.39 Å². The molecular weight excluding hydrogens is 334 g/mol. The van der Waals surface area contributed by atoms with Crippen molar-refractivity contribution >= 4 is 21.8 Å². The van der Waals surface area contributed by atoms with Crippen LogP contribution in [0.1, 0.15) is 18.5 Å². The Balaban J connectivity index is 2.84. The molecule has 0 spiro atoms. The molecule has 0 aliphatic heterocycles. The third-order valence-electron chi connectivity index (χ3n) is 2.18. The first-order valence-corrected chi connectivity index (χ1v) is 6.25. The minimum Gasteiger partial charge on any atom is -0.403 e. The van der Waals surface area contributed by atoms with E-state index in [1.807, 2.05) is 0 Å².